The van der Waals surface area contributed by atoms with Crippen molar-refractivity contribution in [2.24, 2.45) is 0 Å². The second kappa shape index (κ2) is 7.55. The molecule has 1 atom stereocenters. The molecule has 0 aromatic heterocycles. The van der Waals surface area contributed by atoms with E-state index in [0.717, 1.165) is 27.8 Å². The molecule has 0 saturated heterocycles. The highest BCUT2D eigenvalue weighted by Gasteiger charge is 2.27. The van der Waals surface area contributed by atoms with Gasteiger partial charge in [0.15, 0.2) is 0 Å². The minimum Gasteiger partial charge on any atom is -0.465 e. The largest absolute Gasteiger partial charge is 0.465 e. The Morgan fingerprint density at radius 1 is 1.17 bits per heavy atom. The average molecular weight is 329 g/mol. The number of hydrogen-bond donors (Lipinski definition) is 1. The zero-order valence-corrected chi connectivity index (χ0v) is 14.9. The van der Waals surface area contributed by atoms with Gasteiger partial charge in [0, 0.05) is 11.3 Å². The Kier molecular flexibility index (Phi) is 5.72. The molecule has 0 amide bonds. The first kappa shape index (κ1) is 17.4. The monoisotopic (exact) mass is 329 g/mol. The highest BCUT2D eigenvalue weighted by Crippen LogP contribution is 2.42. The molecule has 0 saturated carbocycles. The summed E-state index contributed by atoms with van der Waals surface area (Å²) in [4.78, 5) is 12.4. The molecule has 2 aromatic rings. The van der Waals surface area contributed by atoms with E-state index >= 15 is 0 Å². The van der Waals surface area contributed by atoms with Crippen molar-refractivity contribution >= 4 is 23.4 Å². The van der Waals surface area contributed by atoms with Crippen LogP contribution in [-0.4, -0.2) is 18.8 Å². The first-order chi connectivity index (χ1) is 11.0. The number of ether oxygens (including phenoxy) is 1. The maximum absolute atomic E-state index is 12.4. The van der Waals surface area contributed by atoms with Gasteiger partial charge in [0.1, 0.15) is 5.25 Å². The number of nitrogens with two attached hydrogens (primary N) is 1. The van der Waals surface area contributed by atoms with Crippen molar-refractivity contribution in [1.29, 1.82) is 0 Å². The van der Waals surface area contributed by atoms with E-state index in [0.29, 0.717) is 12.3 Å². The summed E-state index contributed by atoms with van der Waals surface area (Å²) in [6.45, 7) is 6.30. The van der Waals surface area contributed by atoms with Gasteiger partial charge in [0.05, 0.1) is 6.61 Å². The van der Waals surface area contributed by atoms with Crippen LogP contribution < -0.4 is 5.73 Å². The van der Waals surface area contributed by atoms with Gasteiger partial charge in [0.2, 0.25) is 0 Å². The molecule has 2 N–H and O–H groups in total. The molecule has 1 unspecified atom stereocenters. The number of thioether (sulfide) groups is 1. The second-order valence-electron chi connectivity index (χ2n) is 5.44. The van der Waals surface area contributed by atoms with Crippen molar-refractivity contribution in [3.63, 3.8) is 0 Å². The van der Waals surface area contributed by atoms with E-state index < -0.39 is 5.25 Å². The average Bonchev–Trinajstić information content (AvgIpc) is 2.53. The lowest BCUT2D eigenvalue weighted by Gasteiger charge is -2.22. The second-order valence-corrected chi connectivity index (χ2v) is 6.39. The van der Waals surface area contributed by atoms with E-state index in [1.165, 1.54) is 11.8 Å². The molecule has 23 heavy (non-hydrogen) atoms. The molecule has 0 aliphatic carbocycles. The van der Waals surface area contributed by atoms with Crippen LogP contribution in [0.15, 0.2) is 36.4 Å². The summed E-state index contributed by atoms with van der Waals surface area (Å²) in [5.41, 5.74) is 12.2. The van der Waals surface area contributed by atoms with E-state index in [9.17, 15) is 4.79 Å². The molecule has 0 spiro atoms. The predicted octanol–water partition coefficient (Wildman–Crippen LogP) is 4.52. The van der Waals surface area contributed by atoms with Crippen LogP contribution in [-0.2, 0) is 9.53 Å². The SMILES string of the molecule is CCOC(=O)C(SC)c1c(N)ccc(C)c1-c1ccccc1C. The van der Waals surface area contributed by atoms with Gasteiger partial charge in [0.25, 0.3) is 0 Å². The fraction of sp³-hybridized carbons (Fsp3) is 0.316. The number of hydrogen-bond acceptors (Lipinski definition) is 4. The van der Waals surface area contributed by atoms with Gasteiger partial charge in [-0.15, -0.1) is 11.8 Å². The van der Waals surface area contributed by atoms with Gasteiger partial charge in [-0.3, -0.25) is 4.79 Å². The summed E-state index contributed by atoms with van der Waals surface area (Å²) in [7, 11) is 0. The predicted molar refractivity (Wildman–Crippen MR) is 98.7 cm³/mol. The number of anilines is 1. The molecule has 3 nitrogen and oxygen atoms in total. The third-order valence-corrected chi connectivity index (χ3v) is 4.80. The standard InChI is InChI=1S/C19H23NO2S/c1-5-22-19(21)18(23-4)17-15(20)11-10-13(3)16(17)14-9-7-6-8-12(14)2/h6-11,18H,5,20H2,1-4H3. The third kappa shape index (κ3) is 3.53. The van der Waals surface area contributed by atoms with Gasteiger partial charge < -0.3 is 10.5 Å². The third-order valence-electron chi connectivity index (χ3n) is 3.90. The van der Waals surface area contributed by atoms with Gasteiger partial charge in [-0.05, 0) is 55.3 Å². The number of carbonyl (C=O) groups is 1. The molecule has 0 fully saturated rings. The molecule has 2 rings (SSSR count). The number of rotatable bonds is 5. The van der Waals surface area contributed by atoms with Crippen molar-refractivity contribution in [3.05, 3.63) is 53.1 Å². The van der Waals surface area contributed by atoms with Crippen LogP contribution in [0.3, 0.4) is 0 Å². The van der Waals surface area contributed by atoms with Crippen LogP contribution in [0.25, 0.3) is 11.1 Å². The molecule has 122 valence electrons. The maximum atomic E-state index is 12.4. The molecule has 4 heteroatoms. The minimum absolute atomic E-state index is 0.243. The summed E-state index contributed by atoms with van der Waals surface area (Å²) in [6, 6.07) is 12.0. The lowest BCUT2D eigenvalue weighted by Crippen LogP contribution is -2.16. The summed E-state index contributed by atoms with van der Waals surface area (Å²) < 4.78 is 5.25. The van der Waals surface area contributed by atoms with E-state index in [1.807, 2.05) is 44.4 Å². The molecule has 0 heterocycles. The number of esters is 1. The number of aryl methyl sites for hydroxylation is 2. The minimum atomic E-state index is -0.426. The molecule has 0 aliphatic heterocycles. The number of nitrogen functional groups attached to an aromatic ring is 1. The Balaban J connectivity index is 2.70. The first-order valence-electron chi connectivity index (χ1n) is 7.65. The Bertz CT molecular complexity index is 713. The molecule has 0 aliphatic rings. The van der Waals surface area contributed by atoms with Crippen LogP contribution >= 0.6 is 11.8 Å². The summed E-state index contributed by atoms with van der Waals surface area (Å²) in [5, 5.41) is -0.426. The quantitative estimate of drug-likeness (QED) is 0.647. The van der Waals surface area contributed by atoms with Gasteiger partial charge in [-0.25, -0.2) is 0 Å². The van der Waals surface area contributed by atoms with Crippen LogP contribution in [0.5, 0.6) is 0 Å². The zero-order chi connectivity index (χ0) is 17.0. The Morgan fingerprint density at radius 2 is 1.87 bits per heavy atom. The summed E-state index contributed by atoms with van der Waals surface area (Å²) >= 11 is 1.45. The lowest BCUT2D eigenvalue weighted by atomic mass is 9.89. The summed E-state index contributed by atoms with van der Waals surface area (Å²) in [5.74, 6) is -0.243. The van der Waals surface area contributed by atoms with Gasteiger partial charge in [-0.2, -0.15) is 0 Å². The summed E-state index contributed by atoms with van der Waals surface area (Å²) in [6.07, 6.45) is 1.91. The number of benzene rings is 2. The highest BCUT2D eigenvalue weighted by atomic mass is 32.2. The lowest BCUT2D eigenvalue weighted by molar-refractivity contribution is -0.142. The maximum Gasteiger partial charge on any atom is 0.323 e. The smallest absolute Gasteiger partial charge is 0.323 e. The van der Waals surface area contributed by atoms with E-state index in [2.05, 4.69) is 19.1 Å². The fourth-order valence-corrected chi connectivity index (χ4v) is 3.54. The highest BCUT2D eigenvalue weighted by molar-refractivity contribution is 7.99. The molecule has 2 aromatic carbocycles. The van der Waals surface area contributed by atoms with Crippen LogP contribution in [0.1, 0.15) is 28.9 Å². The van der Waals surface area contributed by atoms with Crippen molar-refractivity contribution < 1.29 is 9.53 Å². The molecule has 0 radical (unpaired) electrons. The normalized spacial score (nSPS) is 12.0. The van der Waals surface area contributed by atoms with Crippen molar-refractivity contribution in [3.8, 4) is 11.1 Å². The van der Waals surface area contributed by atoms with E-state index in [1.54, 1.807) is 0 Å². The van der Waals surface area contributed by atoms with Crippen molar-refractivity contribution in [1.82, 2.24) is 0 Å². The fourth-order valence-electron chi connectivity index (χ4n) is 2.79. The Morgan fingerprint density at radius 3 is 2.48 bits per heavy atom. The Labute approximate surface area is 142 Å². The van der Waals surface area contributed by atoms with E-state index in [4.69, 9.17) is 10.5 Å². The van der Waals surface area contributed by atoms with Crippen LogP contribution in [0.2, 0.25) is 0 Å². The van der Waals surface area contributed by atoms with Crippen LogP contribution in [0, 0.1) is 13.8 Å². The molecular formula is C19H23NO2S. The van der Waals surface area contributed by atoms with Crippen LogP contribution in [0.4, 0.5) is 5.69 Å². The molecular weight excluding hydrogens is 306 g/mol. The topological polar surface area (TPSA) is 52.3 Å². The van der Waals surface area contributed by atoms with Crippen molar-refractivity contribution in [2.45, 2.75) is 26.0 Å². The zero-order valence-electron chi connectivity index (χ0n) is 14.1. The molecule has 0 bridgehead atoms. The van der Waals surface area contributed by atoms with Gasteiger partial charge >= 0.3 is 5.97 Å². The first-order valence-corrected chi connectivity index (χ1v) is 8.94. The van der Waals surface area contributed by atoms with Gasteiger partial charge in [-0.1, -0.05) is 30.3 Å². The van der Waals surface area contributed by atoms with Crippen molar-refractivity contribution in [2.75, 3.05) is 18.6 Å². The van der Waals surface area contributed by atoms with E-state index in [-0.39, 0.29) is 5.97 Å². The number of carbonyl (C=O) groups excluding carboxylic acids is 1. The Hall–Kier alpha value is -1.94.